The second-order valence-corrected chi connectivity index (χ2v) is 4.16. The Labute approximate surface area is 122 Å². The summed E-state index contributed by atoms with van der Waals surface area (Å²) in [6.07, 6.45) is 0.550. The molecule has 0 radical (unpaired) electrons. The highest BCUT2D eigenvalue weighted by molar-refractivity contribution is 5.81. The molecular weight excluding hydrogens is 278 g/mol. The molecule has 0 bridgehead atoms. The first-order valence-electron chi connectivity index (χ1n) is 6.29. The fraction of sp³-hybridized carbons (Fsp3) is 0.429. The van der Waals surface area contributed by atoms with Gasteiger partial charge in [0.25, 0.3) is 0 Å². The van der Waals surface area contributed by atoms with E-state index in [0.717, 1.165) is 5.56 Å². The Kier molecular flexibility index (Phi) is 6.32. The van der Waals surface area contributed by atoms with E-state index in [9.17, 15) is 9.59 Å². The first-order chi connectivity index (χ1) is 10.0. The summed E-state index contributed by atoms with van der Waals surface area (Å²) < 4.78 is 15.7. The molecule has 0 heterocycles. The summed E-state index contributed by atoms with van der Waals surface area (Å²) in [6, 6.07) is 3.51. The van der Waals surface area contributed by atoms with Crippen molar-refractivity contribution in [3.63, 3.8) is 0 Å². The molecule has 1 aromatic carbocycles. The van der Waals surface area contributed by atoms with Crippen LogP contribution >= 0.6 is 0 Å². The molecule has 0 atom stereocenters. The fourth-order valence-electron chi connectivity index (χ4n) is 1.87. The number of aliphatic carboxylic acids is 1. The number of benzene rings is 1. The van der Waals surface area contributed by atoms with Crippen molar-refractivity contribution < 1.29 is 28.9 Å². The van der Waals surface area contributed by atoms with Gasteiger partial charge in [0.2, 0.25) is 11.7 Å². The molecule has 0 aliphatic carbocycles. The number of hydrogen-bond donors (Lipinski definition) is 2. The van der Waals surface area contributed by atoms with Crippen LogP contribution in [0, 0.1) is 0 Å². The second-order valence-electron chi connectivity index (χ2n) is 4.16. The molecule has 116 valence electrons. The summed E-state index contributed by atoms with van der Waals surface area (Å²) in [7, 11) is 4.53. The number of amides is 1. The average Bonchev–Trinajstić information content (AvgIpc) is 2.49. The highest BCUT2D eigenvalue weighted by Gasteiger charge is 2.16. The summed E-state index contributed by atoms with van der Waals surface area (Å²) in [5, 5.41) is 10.8. The summed E-state index contributed by atoms with van der Waals surface area (Å²) >= 11 is 0. The molecule has 0 saturated heterocycles. The molecule has 0 fully saturated rings. The first-order valence-corrected chi connectivity index (χ1v) is 6.29. The Morgan fingerprint density at radius 3 is 2.29 bits per heavy atom. The molecule has 0 spiro atoms. The maximum absolute atomic E-state index is 11.5. The molecule has 0 aromatic heterocycles. The van der Waals surface area contributed by atoms with Crippen LogP contribution in [0.4, 0.5) is 0 Å². The molecule has 1 rings (SSSR count). The standard InChI is InChI=1S/C14H19NO6/c1-19-10-6-4-9(13(20-2)14(10)21-3)5-7-11(16)15-8-12(17)18/h4,6H,5,7-8H2,1-3H3,(H,15,16)(H,17,18). The van der Waals surface area contributed by atoms with E-state index in [1.54, 1.807) is 12.1 Å². The second kappa shape index (κ2) is 7.98. The van der Waals surface area contributed by atoms with Gasteiger partial charge < -0.3 is 24.6 Å². The number of methoxy groups -OCH3 is 3. The van der Waals surface area contributed by atoms with Crippen molar-refractivity contribution in [2.75, 3.05) is 27.9 Å². The minimum atomic E-state index is -1.08. The topological polar surface area (TPSA) is 94.1 Å². The maximum Gasteiger partial charge on any atom is 0.322 e. The number of ether oxygens (including phenoxy) is 3. The number of carbonyl (C=O) groups excluding carboxylic acids is 1. The quantitative estimate of drug-likeness (QED) is 0.738. The summed E-state index contributed by atoms with van der Waals surface area (Å²) in [5.74, 6) is 0.0843. The summed E-state index contributed by atoms with van der Waals surface area (Å²) in [6.45, 7) is -0.387. The van der Waals surface area contributed by atoms with Crippen LogP contribution in [0.1, 0.15) is 12.0 Å². The van der Waals surface area contributed by atoms with Crippen LogP contribution in [0.2, 0.25) is 0 Å². The van der Waals surface area contributed by atoms with Gasteiger partial charge in [0.1, 0.15) is 6.54 Å². The predicted molar refractivity (Wildman–Crippen MR) is 75.1 cm³/mol. The lowest BCUT2D eigenvalue weighted by Crippen LogP contribution is -2.29. The molecule has 0 aliphatic heterocycles. The lowest BCUT2D eigenvalue weighted by atomic mass is 10.1. The molecule has 7 heteroatoms. The Hall–Kier alpha value is -2.44. The largest absolute Gasteiger partial charge is 0.493 e. The van der Waals surface area contributed by atoms with E-state index in [4.69, 9.17) is 19.3 Å². The van der Waals surface area contributed by atoms with Gasteiger partial charge in [-0.05, 0) is 18.1 Å². The van der Waals surface area contributed by atoms with Crippen molar-refractivity contribution in [2.24, 2.45) is 0 Å². The molecule has 1 aromatic rings. The molecule has 0 unspecified atom stereocenters. The van der Waals surface area contributed by atoms with Crippen molar-refractivity contribution in [2.45, 2.75) is 12.8 Å². The zero-order valence-corrected chi connectivity index (χ0v) is 12.3. The van der Waals surface area contributed by atoms with Crippen LogP contribution in [0.25, 0.3) is 0 Å². The Balaban J connectivity index is 2.79. The molecule has 0 aliphatic rings. The van der Waals surface area contributed by atoms with Crippen molar-refractivity contribution in [3.8, 4) is 17.2 Å². The van der Waals surface area contributed by atoms with Crippen molar-refractivity contribution >= 4 is 11.9 Å². The minimum absolute atomic E-state index is 0.152. The highest BCUT2D eigenvalue weighted by atomic mass is 16.5. The third-order valence-electron chi connectivity index (χ3n) is 2.84. The van der Waals surface area contributed by atoms with Gasteiger partial charge in [0.15, 0.2) is 11.5 Å². The zero-order valence-electron chi connectivity index (χ0n) is 12.3. The van der Waals surface area contributed by atoms with E-state index in [1.165, 1.54) is 21.3 Å². The first kappa shape index (κ1) is 16.6. The van der Waals surface area contributed by atoms with Crippen LogP contribution in [-0.2, 0) is 16.0 Å². The van der Waals surface area contributed by atoms with Crippen LogP contribution < -0.4 is 19.5 Å². The van der Waals surface area contributed by atoms with E-state index in [2.05, 4.69) is 5.32 Å². The highest BCUT2D eigenvalue weighted by Crippen LogP contribution is 2.40. The SMILES string of the molecule is COc1ccc(CCC(=O)NCC(=O)O)c(OC)c1OC. The van der Waals surface area contributed by atoms with Crippen molar-refractivity contribution in [3.05, 3.63) is 17.7 Å². The van der Waals surface area contributed by atoms with E-state index in [0.29, 0.717) is 23.7 Å². The van der Waals surface area contributed by atoms with Crippen LogP contribution in [0.3, 0.4) is 0 Å². The number of carboxylic acids is 1. The van der Waals surface area contributed by atoms with E-state index in [-0.39, 0.29) is 18.9 Å². The van der Waals surface area contributed by atoms with Gasteiger partial charge in [-0.1, -0.05) is 6.07 Å². The third kappa shape index (κ3) is 4.55. The monoisotopic (exact) mass is 297 g/mol. The summed E-state index contributed by atoms with van der Waals surface area (Å²) in [4.78, 5) is 21.9. The molecule has 0 saturated carbocycles. The van der Waals surface area contributed by atoms with Gasteiger partial charge in [0.05, 0.1) is 21.3 Å². The van der Waals surface area contributed by atoms with Gasteiger partial charge in [-0.15, -0.1) is 0 Å². The maximum atomic E-state index is 11.5. The van der Waals surface area contributed by atoms with Crippen LogP contribution in [0.5, 0.6) is 17.2 Å². The smallest absolute Gasteiger partial charge is 0.322 e. The summed E-state index contributed by atoms with van der Waals surface area (Å²) in [5.41, 5.74) is 0.778. The fourth-order valence-corrected chi connectivity index (χ4v) is 1.87. The van der Waals surface area contributed by atoms with Crippen molar-refractivity contribution in [1.29, 1.82) is 0 Å². The van der Waals surface area contributed by atoms with E-state index < -0.39 is 5.97 Å². The van der Waals surface area contributed by atoms with Crippen molar-refractivity contribution in [1.82, 2.24) is 5.32 Å². The number of rotatable bonds is 8. The lowest BCUT2D eigenvalue weighted by Gasteiger charge is -2.15. The van der Waals surface area contributed by atoms with Gasteiger partial charge in [-0.3, -0.25) is 9.59 Å². The van der Waals surface area contributed by atoms with Gasteiger partial charge in [-0.25, -0.2) is 0 Å². The Morgan fingerprint density at radius 2 is 1.76 bits per heavy atom. The number of carbonyl (C=O) groups is 2. The lowest BCUT2D eigenvalue weighted by molar-refractivity contribution is -0.137. The number of aryl methyl sites for hydroxylation is 1. The van der Waals surface area contributed by atoms with Gasteiger partial charge in [-0.2, -0.15) is 0 Å². The average molecular weight is 297 g/mol. The molecule has 1 amide bonds. The predicted octanol–water partition coefficient (Wildman–Crippen LogP) is 0.846. The molecular formula is C14H19NO6. The van der Waals surface area contributed by atoms with Crippen LogP contribution in [-0.4, -0.2) is 44.9 Å². The molecule has 21 heavy (non-hydrogen) atoms. The number of hydrogen-bond acceptors (Lipinski definition) is 5. The molecule has 2 N–H and O–H groups in total. The van der Waals surface area contributed by atoms with Gasteiger partial charge >= 0.3 is 5.97 Å². The van der Waals surface area contributed by atoms with E-state index in [1.807, 2.05) is 0 Å². The third-order valence-corrected chi connectivity index (χ3v) is 2.84. The zero-order chi connectivity index (χ0) is 15.8. The van der Waals surface area contributed by atoms with Crippen LogP contribution in [0.15, 0.2) is 12.1 Å². The number of nitrogens with one attached hydrogen (secondary N) is 1. The number of carboxylic acid groups (broad SMARTS) is 1. The normalized spacial score (nSPS) is 9.86. The Bertz CT molecular complexity index is 514. The van der Waals surface area contributed by atoms with E-state index >= 15 is 0 Å². The molecule has 7 nitrogen and oxygen atoms in total. The Morgan fingerprint density at radius 1 is 1.10 bits per heavy atom. The minimum Gasteiger partial charge on any atom is -0.493 e. The van der Waals surface area contributed by atoms with Gasteiger partial charge in [0, 0.05) is 6.42 Å².